The summed E-state index contributed by atoms with van der Waals surface area (Å²) in [4.78, 5) is 55.2. The Labute approximate surface area is 177 Å². The third-order valence-electron chi connectivity index (χ3n) is 5.51. The number of carbonyl (C=O) groups excluding carboxylic acids is 4. The average molecular weight is 415 g/mol. The van der Waals surface area contributed by atoms with Crippen LogP contribution in [-0.4, -0.2) is 77.1 Å². The number of piperazine rings is 1. The number of likely N-dealkylation sites (tertiary alicyclic amines) is 1. The molecule has 1 aromatic carbocycles. The van der Waals surface area contributed by atoms with Crippen LogP contribution in [-0.2, 0) is 19.2 Å². The van der Waals surface area contributed by atoms with Gasteiger partial charge >= 0.3 is 11.8 Å². The zero-order valence-corrected chi connectivity index (χ0v) is 17.7. The minimum Gasteiger partial charge on any atom is -0.346 e. The Kier molecular flexibility index (Phi) is 7.07. The van der Waals surface area contributed by atoms with Crippen LogP contribution in [0.5, 0.6) is 0 Å². The van der Waals surface area contributed by atoms with Crippen molar-refractivity contribution in [1.29, 1.82) is 0 Å². The lowest BCUT2D eigenvalue weighted by Crippen LogP contribution is -2.56. The molecule has 1 unspecified atom stereocenters. The van der Waals surface area contributed by atoms with Crippen molar-refractivity contribution in [3.05, 3.63) is 35.9 Å². The molecule has 2 aliphatic heterocycles. The quantitative estimate of drug-likeness (QED) is 0.743. The van der Waals surface area contributed by atoms with Gasteiger partial charge in [0.2, 0.25) is 11.8 Å². The zero-order chi connectivity index (χ0) is 21.7. The fourth-order valence-corrected chi connectivity index (χ4v) is 3.96. The summed E-state index contributed by atoms with van der Waals surface area (Å²) in [5.41, 5.74) is 0.799. The van der Waals surface area contributed by atoms with E-state index in [2.05, 4.69) is 5.32 Å². The molecule has 0 radical (unpaired) electrons. The van der Waals surface area contributed by atoms with Gasteiger partial charge in [-0.15, -0.1) is 0 Å². The highest BCUT2D eigenvalue weighted by atomic mass is 16.2. The standard InChI is InChI=1S/C22H30N4O4/c1-16(2)23-20(28)22(30)25-14-12-24(13-15-25)21(29)19(17-8-4-3-5-9-17)26-11-7-6-10-18(26)27/h3-5,8-9,16,19H,6-7,10-15H2,1-2H3,(H,23,28). The predicted molar refractivity (Wildman–Crippen MR) is 111 cm³/mol. The maximum atomic E-state index is 13.4. The number of rotatable bonds is 4. The molecule has 1 aromatic rings. The van der Waals surface area contributed by atoms with E-state index in [0.29, 0.717) is 39.1 Å². The number of carbonyl (C=O) groups is 4. The van der Waals surface area contributed by atoms with Gasteiger partial charge in [0.05, 0.1) is 0 Å². The molecule has 1 atom stereocenters. The number of nitrogens with zero attached hydrogens (tertiary/aromatic N) is 3. The Balaban J connectivity index is 1.70. The van der Waals surface area contributed by atoms with Crippen molar-refractivity contribution in [2.75, 3.05) is 32.7 Å². The van der Waals surface area contributed by atoms with Crippen LogP contribution in [0.25, 0.3) is 0 Å². The summed E-state index contributed by atoms with van der Waals surface area (Å²) < 4.78 is 0. The molecule has 1 N–H and O–H groups in total. The molecular weight excluding hydrogens is 384 g/mol. The molecule has 2 fully saturated rings. The van der Waals surface area contributed by atoms with Crippen LogP contribution < -0.4 is 5.32 Å². The largest absolute Gasteiger partial charge is 0.346 e. The first-order chi connectivity index (χ1) is 14.4. The second-order valence-corrected chi connectivity index (χ2v) is 8.10. The van der Waals surface area contributed by atoms with Crippen LogP contribution in [0.2, 0.25) is 0 Å². The third-order valence-corrected chi connectivity index (χ3v) is 5.51. The predicted octanol–water partition coefficient (Wildman–Crippen LogP) is 0.936. The van der Waals surface area contributed by atoms with Gasteiger partial charge in [-0.3, -0.25) is 19.2 Å². The fourth-order valence-electron chi connectivity index (χ4n) is 3.96. The van der Waals surface area contributed by atoms with E-state index >= 15 is 0 Å². The van der Waals surface area contributed by atoms with Crippen molar-refractivity contribution in [2.24, 2.45) is 0 Å². The van der Waals surface area contributed by atoms with E-state index in [1.54, 1.807) is 23.6 Å². The van der Waals surface area contributed by atoms with Crippen molar-refractivity contribution in [1.82, 2.24) is 20.0 Å². The van der Waals surface area contributed by atoms with Gasteiger partial charge in [-0.05, 0) is 32.3 Å². The lowest BCUT2D eigenvalue weighted by atomic mass is 9.99. The Hall–Kier alpha value is -2.90. The molecule has 0 aliphatic carbocycles. The summed E-state index contributed by atoms with van der Waals surface area (Å²) in [6.07, 6.45) is 2.20. The first-order valence-corrected chi connectivity index (χ1v) is 10.6. The van der Waals surface area contributed by atoms with Crippen LogP contribution in [0.3, 0.4) is 0 Å². The molecule has 2 heterocycles. The summed E-state index contributed by atoms with van der Waals surface area (Å²) in [7, 11) is 0. The van der Waals surface area contributed by atoms with Gasteiger partial charge in [-0.25, -0.2) is 0 Å². The average Bonchev–Trinajstić information content (AvgIpc) is 2.75. The molecule has 162 valence electrons. The monoisotopic (exact) mass is 414 g/mol. The molecule has 2 saturated heterocycles. The second kappa shape index (κ2) is 9.73. The van der Waals surface area contributed by atoms with Crippen LogP contribution in [0.4, 0.5) is 0 Å². The van der Waals surface area contributed by atoms with E-state index in [0.717, 1.165) is 18.4 Å². The SMILES string of the molecule is CC(C)NC(=O)C(=O)N1CCN(C(=O)C(c2ccccc2)N2CCCCC2=O)CC1. The molecule has 2 aliphatic rings. The maximum Gasteiger partial charge on any atom is 0.312 e. The van der Waals surface area contributed by atoms with Crippen LogP contribution in [0.1, 0.15) is 44.7 Å². The van der Waals surface area contributed by atoms with Crippen molar-refractivity contribution < 1.29 is 19.2 Å². The molecule has 0 aromatic heterocycles. The zero-order valence-electron chi connectivity index (χ0n) is 17.7. The minimum absolute atomic E-state index is 0.00243. The van der Waals surface area contributed by atoms with Crippen LogP contribution in [0, 0.1) is 0 Å². The molecule has 8 heteroatoms. The van der Waals surface area contributed by atoms with Crippen molar-refractivity contribution in [3.8, 4) is 0 Å². The Morgan fingerprint density at radius 2 is 1.53 bits per heavy atom. The van der Waals surface area contributed by atoms with E-state index in [4.69, 9.17) is 0 Å². The lowest BCUT2D eigenvalue weighted by Gasteiger charge is -2.40. The van der Waals surface area contributed by atoms with Crippen LogP contribution in [0.15, 0.2) is 30.3 Å². The van der Waals surface area contributed by atoms with Gasteiger partial charge in [-0.1, -0.05) is 30.3 Å². The number of amides is 4. The maximum absolute atomic E-state index is 13.4. The van der Waals surface area contributed by atoms with Gasteiger partial charge in [0.1, 0.15) is 6.04 Å². The molecule has 0 bridgehead atoms. The number of piperidine rings is 1. The highest BCUT2D eigenvalue weighted by Gasteiger charge is 2.37. The molecule has 8 nitrogen and oxygen atoms in total. The van der Waals surface area contributed by atoms with Gasteiger partial charge < -0.3 is 20.0 Å². The Morgan fingerprint density at radius 1 is 0.900 bits per heavy atom. The normalized spacial score (nSPS) is 18.4. The first-order valence-electron chi connectivity index (χ1n) is 10.6. The number of benzene rings is 1. The molecule has 30 heavy (non-hydrogen) atoms. The highest BCUT2D eigenvalue weighted by molar-refractivity contribution is 6.35. The fraction of sp³-hybridized carbons (Fsp3) is 0.545. The number of nitrogens with one attached hydrogen (secondary N) is 1. The highest BCUT2D eigenvalue weighted by Crippen LogP contribution is 2.28. The van der Waals surface area contributed by atoms with Crippen molar-refractivity contribution >= 4 is 23.6 Å². The van der Waals surface area contributed by atoms with Gasteiger partial charge in [0.25, 0.3) is 0 Å². The van der Waals surface area contributed by atoms with E-state index in [1.165, 1.54) is 4.90 Å². The Bertz CT molecular complexity index is 788. The summed E-state index contributed by atoms with van der Waals surface area (Å²) in [6.45, 7) is 5.44. The van der Waals surface area contributed by atoms with Crippen molar-refractivity contribution in [3.63, 3.8) is 0 Å². The lowest BCUT2D eigenvalue weighted by molar-refractivity contribution is -0.152. The number of hydrogen-bond acceptors (Lipinski definition) is 4. The van der Waals surface area contributed by atoms with Crippen molar-refractivity contribution in [2.45, 2.75) is 45.2 Å². The first kappa shape index (κ1) is 21.8. The summed E-state index contributed by atoms with van der Waals surface area (Å²) in [6, 6.07) is 8.61. The topological polar surface area (TPSA) is 90.0 Å². The Morgan fingerprint density at radius 3 is 2.13 bits per heavy atom. The van der Waals surface area contributed by atoms with Gasteiger partial charge in [0.15, 0.2) is 0 Å². The summed E-state index contributed by atoms with van der Waals surface area (Å²) >= 11 is 0. The summed E-state index contributed by atoms with van der Waals surface area (Å²) in [5.74, 6) is -1.31. The van der Waals surface area contributed by atoms with Gasteiger partial charge in [-0.2, -0.15) is 0 Å². The minimum atomic E-state index is -0.648. The molecule has 3 rings (SSSR count). The molecule has 4 amide bonds. The second-order valence-electron chi connectivity index (χ2n) is 8.10. The summed E-state index contributed by atoms with van der Waals surface area (Å²) in [5, 5.41) is 2.61. The van der Waals surface area contributed by atoms with Gasteiger partial charge in [0, 0.05) is 45.2 Å². The van der Waals surface area contributed by atoms with E-state index < -0.39 is 17.9 Å². The van der Waals surface area contributed by atoms with E-state index in [9.17, 15) is 19.2 Å². The van der Waals surface area contributed by atoms with E-state index in [-0.39, 0.29) is 17.9 Å². The van der Waals surface area contributed by atoms with Crippen LogP contribution >= 0.6 is 0 Å². The third kappa shape index (κ3) is 4.98. The molecule has 0 spiro atoms. The number of hydrogen-bond donors (Lipinski definition) is 1. The molecular formula is C22H30N4O4. The molecule has 0 saturated carbocycles. The van der Waals surface area contributed by atoms with E-state index in [1.807, 2.05) is 30.3 Å². The smallest absolute Gasteiger partial charge is 0.312 e.